The molecule has 0 spiro atoms. The Morgan fingerprint density at radius 3 is 2.46 bits per heavy atom. The van der Waals surface area contributed by atoms with Crippen molar-refractivity contribution in [1.29, 1.82) is 0 Å². The van der Waals surface area contributed by atoms with Gasteiger partial charge in [0.05, 0.1) is 0 Å². The maximum atomic E-state index is 12.7. The smallest absolute Gasteiger partial charge is 0.279 e. The highest BCUT2D eigenvalue weighted by Gasteiger charge is 2.46. The number of benzene rings is 2. The fraction of sp³-hybridized carbons (Fsp3) is 0.222. The van der Waals surface area contributed by atoms with Crippen LogP contribution in [0.25, 0.3) is 0 Å². The van der Waals surface area contributed by atoms with Crippen LogP contribution in [0.3, 0.4) is 0 Å². The normalized spacial score (nSPS) is 21.5. The Kier molecular flexibility index (Phi) is 4.41. The number of carbonyl (C=O) groups excluding carboxylic acids is 1. The van der Waals surface area contributed by atoms with Gasteiger partial charge in [0.25, 0.3) is 5.91 Å². The summed E-state index contributed by atoms with van der Waals surface area (Å²) in [5.41, 5.74) is -0.107. The van der Waals surface area contributed by atoms with E-state index in [-0.39, 0.29) is 6.42 Å². The van der Waals surface area contributed by atoms with E-state index in [9.17, 15) is 15.0 Å². The lowest BCUT2D eigenvalue weighted by Gasteiger charge is -2.32. The lowest BCUT2D eigenvalue weighted by Crippen LogP contribution is -2.45. The van der Waals surface area contributed by atoms with E-state index >= 15 is 0 Å². The Hall–Kier alpha value is -2.21. The molecule has 24 heavy (non-hydrogen) atoms. The number of amides is 1. The minimum absolute atomic E-state index is 0.169. The zero-order valence-corrected chi connectivity index (χ0v) is 13.8. The first-order chi connectivity index (χ1) is 11.4. The standard InChI is InChI=1S/C18H17ClN2O3/c1-12-11-18(24,14-7-9-15(19)10-8-14)21(20-12)17(23)16(22)13-5-3-2-4-6-13/h2-10,16,22,24H,11H2,1H3/t16-,18-/m1/s1. The number of carbonyl (C=O) groups is 1. The molecule has 0 aliphatic carbocycles. The van der Waals surface area contributed by atoms with Crippen molar-refractivity contribution in [1.82, 2.24) is 5.01 Å². The van der Waals surface area contributed by atoms with Crippen molar-refractivity contribution in [2.75, 3.05) is 0 Å². The minimum Gasteiger partial charge on any atom is -0.378 e. The summed E-state index contributed by atoms with van der Waals surface area (Å²) in [5.74, 6) is -0.685. The molecule has 124 valence electrons. The number of hydrogen-bond donors (Lipinski definition) is 2. The quantitative estimate of drug-likeness (QED) is 0.899. The molecule has 0 unspecified atom stereocenters. The molecule has 0 radical (unpaired) electrons. The Balaban J connectivity index is 1.95. The summed E-state index contributed by atoms with van der Waals surface area (Å²) in [7, 11) is 0. The van der Waals surface area contributed by atoms with Gasteiger partial charge in [0.1, 0.15) is 0 Å². The van der Waals surface area contributed by atoms with Crippen LogP contribution >= 0.6 is 11.6 Å². The number of hydrazone groups is 1. The summed E-state index contributed by atoms with van der Waals surface area (Å²) in [5, 5.41) is 27.1. The Bertz CT molecular complexity index is 777. The zero-order valence-electron chi connectivity index (χ0n) is 13.1. The second-order valence-corrected chi connectivity index (χ2v) is 6.24. The average molecular weight is 345 g/mol. The van der Waals surface area contributed by atoms with Gasteiger partial charge in [-0.25, -0.2) is 0 Å². The SMILES string of the molecule is CC1=NN(C(=O)[C@H](O)c2ccccc2)[C@](O)(c2ccc(Cl)cc2)C1. The van der Waals surface area contributed by atoms with Gasteiger partial charge in [-0.1, -0.05) is 54.1 Å². The van der Waals surface area contributed by atoms with Crippen LogP contribution in [0.4, 0.5) is 0 Å². The van der Waals surface area contributed by atoms with Crippen LogP contribution < -0.4 is 0 Å². The van der Waals surface area contributed by atoms with Crippen molar-refractivity contribution in [3.63, 3.8) is 0 Å². The second-order valence-electron chi connectivity index (χ2n) is 5.80. The molecule has 1 heterocycles. The Morgan fingerprint density at radius 2 is 1.83 bits per heavy atom. The van der Waals surface area contributed by atoms with Crippen LogP contribution in [0.2, 0.25) is 5.02 Å². The number of hydrogen-bond acceptors (Lipinski definition) is 4. The van der Waals surface area contributed by atoms with Crippen LogP contribution in [0.5, 0.6) is 0 Å². The topological polar surface area (TPSA) is 73.1 Å². The van der Waals surface area contributed by atoms with Gasteiger partial charge >= 0.3 is 0 Å². The first-order valence-electron chi connectivity index (χ1n) is 7.51. The van der Waals surface area contributed by atoms with Gasteiger partial charge in [-0.3, -0.25) is 4.79 Å². The molecular formula is C18H17ClN2O3. The van der Waals surface area contributed by atoms with Crippen LogP contribution in [-0.2, 0) is 10.5 Å². The number of rotatable bonds is 3. The molecule has 2 aromatic carbocycles. The largest absolute Gasteiger partial charge is 0.378 e. The molecule has 6 heteroatoms. The Morgan fingerprint density at radius 1 is 1.21 bits per heavy atom. The summed E-state index contributed by atoms with van der Waals surface area (Å²) in [4.78, 5) is 12.7. The van der Waals surface area contributed by atoms with Crippen LogP contribution in [0.1, 0.15) is 30.6 Å². The molecule has 2 N–H and O–H groups in total. The Labute approximate surface area is 144 Å². The minimum atomic E-state index is -1.64. The van der Waals surface area contributed by atoms with Crippen molar-refractivity contribution >= 4 is 23.2 Å². The van der Waals surface area contributed by atoms with E-state index in [0.717, 1.165) is 5.01 Å². The lowest BCUT2D eigenvalue weighted by molar-refractivity contribution is -0.167. The third-order valence-corrected chi connectivity index (χ3v) is 4.24. The van der Waals surface area contributed by atoms with Crippen molar-refractivity contribution in [3.8, 4) is 0 Å². The molecule has 1 aliphatic heterocycles. The number of aliphatic hydroxyl groups excluding tert-OH is 1. The average Bonchev–Trinajstić information content (AvgIpc) is 2.90. The first kappa shape index (κ1) is 16.6. The van der Waals surface area contributed by atoms with Gasteiger partial charge < -0.3 is 10.2 Å². The maximum absolute atomic E-state index is 12.7. The van der Waals surface area contributed by atoms with E-state index in [0.29, 0.717) is 21.9 Å². The highest BCUT2D eigenvalue weighted by Crippen LogP contribution is 2.37. The molecule has 0 saturated heterocycles. The third kappa shape index (κ3) is 2.94. The number of aliphatic hydroxyl groups is 2. The predicted molar refractivity (Wildman–Crippen MR) is 91.3 cm³/mol. The number of nitrogens with zero attached hydrogens (tertiary/aromatic N) is 2. The highest BCUT2D eigenvalue weighted by atomic mass is 35.5. The fourth-order valence-electron chi connectivity index (χ4n) is 2.79. The molecule has 5 nitrogen and oxygen atoms in total. The molecular weight excluding hydrogens is 328 g/mol. The summed E-state index contributed by atoms with van der Waals surface area (Å²) >= 11 is 5.89. The molecule has 3 rings (SSSR count). The van der Waals surface area contributed by atoms with Gasteiger partial charge in [-0.05, 0) is 24.6 Å². The second kappa shape index (κ2) is 6.36. The molecule has 0 saturated carbocycles. The van der Waals surface area contributed by atoms with E-state index in [2.05, 4.69) is 5.10 Å². The van der Waals surface area contributed by atoms with E-state index in [1.54, 1.807) is 61.5 Å². The molecule has 0 bridgehead atoms. The molecule has 0 aromatic heterocycles. The molecule has 2 aromatic rings. The molecule has 1 amide bonds. The van der Waals surface area contributed by atoms with Gasteiger partial charge in [0.15, 0.2) is 11.8 Å². The van der Waals surface area contributed by atoms with E-state index in [1.807, 2.05) is 0 Å². The predicted octanol–water partition coefficient (Wildman–Crippen LogP) is 2.83. The zero-order chi connectivity index (χ0) is 17.3. The molecule has 0 fully saturated rings. The third-order valence-electron chi connectivity index (χ3n) is 3.99. The highest BCUT2D eigenvalue weighted by molar-refractivity contribution is 6.30. The van der Waals surface area contributed by atoms with Crippen molar-refractivity contribution in [2.45, 2.75) is 25.2 Å². The van der Waals surface area contributed by atoms with Gasteiger partial charge in [-0.15, -0.1) is 0 Å². The van der Waals surface area contributed by atoms with Crippen LogP contribution in [0, 0.1) is 0 Å². The van der Waals surface area contributed by atoms with E-state index in [1.165, 1.54) is 0 Å². The van der Waals surface area contributed by atoms with Gasteiger partial charge in [-0.2, -0.15) is 10.1 Å². The van der Waals surface area contributed by atoms with Gasteiger partial charge in [0.2, 0.25) is 0 Å². The van der Waals surface area contributed by atoms with Gasteiger partial charge in [0, 0.05) is 22.7 Å². The maximum Gasteiger partial charge on any atom is 0.279 e. The van der Waals surface area contributed by atoms with Crippen molar-refractivity contribution in [3.05, 3.63) is 70.7 Å². The fourth-order valence-corrected chi connectivity index (χ4v) is 2.91. The first-order valence-corrected chi connectivity index (χ1v) is 7.89. The monoisotopic (exact) mass is 344 g/mol. The summed E-state index contributed by atoms with van der Waals surface area (Å²) in [6, 6.07) is 15.1. The lowest BCUT2D eigenvalue weighted by atomic mass is 9.97. The number of halogens is 1. The molecule has 2 atom stereocenters. The van der Waals surface area contributed by atoms with E-state index in [4.69, 9.17) is 11.6 Å². The summed E-state index contributed by atoms with van der Waals surface area (Å²) < 4.78 is 0. The van der Waals surface area contributed by atoms with Crippen LogP contribution in [0.15, 0.2) is 59.7 Å². The van der Waals surface area contributed by atoms with E-state index < -0.39 is 17.7 Å². The van der Waals surface area contributed by atoms with Crippen molar-refractivity contribution in [2.24, 2.45) is 5.10 Å². The summed E-state index contributed by atoms with van der Waals surface area (Å²) in [6.45, 7) is 1.73. The molecule has 1 aliphatic rings. The van der Waals surface area contributed by atoms with Crippen molar-refractivity contribution < 1.29 is 15.0 Å². The summed E-state index contributed by atoms with van der Waals surface area (Å²) in [6.07, 6.45) is -1.23. The van der Waals surface area contributed by atoms with Crippen LogP contribution in [-0.4, -0.2) is 26.8 Å².